The van der Waals surface area contributed by atoms with Crippen LogP contribution >= 0.6 is 0 Å². The summed E-state index contributed by atoms with van der Waals surface area (Å²) in [6, 6.07) is 22.3. The smallest absolute Gasteiger partial charge is 0.0669 e. The Bertz CT molecular complexity index is 551. The van der Waals surface area contributed by atoms with Gasteiger partial charge in [0.25, 0.3) is 0 Å². The average Bonchev–Trinajstić information content (AvgIpc) is 3.19. The largest absolute Gasteiger partial charge is 0.325 e. The fraction of sp³-hybridized carbons (Fsp3) is 0.278. The molecule has 0 spiro atoms. The van der Waals surface area contributed by atoms with Crippen LogP contribution in [0, 0.1) is 11.3 Å². The SMILES string of the molecule is N#CCc1ccccc1.NC1(Cc2ccccc2)CC1. The molecule has 0 unspecified atom stereocenters. The minimum absolute atomic E-state index is 0.154. The normalized spacial score (nSPS) is 14.6. The molecule has 1 aliphatic rings. The standard InChI is InChI=1S/C10H13N.C8H7N/c11-10(6-7-10)8-9-4-2-1-3-5-9;9-7-6-8-4-2-1-3-5-8/h1-5H,6-8,11H2;1-5H,6H2. The second kappa shape index (κ2) is 6.88. The first kappa shape index (κ1) is 14.3. The summed E-state index contributed by atoms with van der Waals surface area (Å²) >= 11 is 0. The van der Waals surface area contributed by atoms with E-state index in [9.17, 15) is 0 Å². The number of hydrogen-bond donors (Lipinski definition) is 1. The van der Waals surface area contributed by atoms with E-state index < -0.39 is 0 Å². The van der Waals surface area contributed by atoms with Gasteiger partial charge in [-0.2, -0.15) is 5.26 Å². The molecule has 3 rings (SSSR count). The molecule has 0 aliphatic heterocycles. The van der Waals surface area contributed by atoms with E-state index in [4.69, 9.17) is 11.0 Å². The van der Waals surface area contributed by atoms with Crippen molar-refractivity contribution >= 4 is 0 Å². The maximum atomic E-state index is 8.27. The molecular formula is C18H20N2. The van der Waals surface area contributed by atoms with E-state index in [0.717, 1.165) is 12.0 Å². The Labute approximate surface area is 120 Å². The Hall–Kier alpha value is -2.11. The van der Waals surface area contributed by atoms with E-state index in [1.807, 2.05) is 36.4 Å². The fourth-order valence-corrected chi connectivity index (χ4v) is 2.03. The Morgan fingerprint density at radius 3 is 1.85 bits per heavy atom. The molecule has 0 amide bonds. The third-order valence-corrected chi connectivity index (χ3v) is 3.42. The van der Waals surface area contributed by atoms with Crippen LogP contribution in [-0.4, -0.2) is 5.54 Å². The molecule has 0 saturated heterocycles. The molecule has 1 fully saturated rings. The second-order valence-electron chi connectivity index (χ2n) is 5.35. The maximum absolute atomic E-state index is 8.27. The summed E-state index contributed by atoms with van der Waals surface area (Å²) in [5, 5.41) is 8.27. The molecule has 102 valence electrons. The monoisotopic (exact) mass is 264 g/mol. The molecular weight excluding hydrogens is 244 g/mol. The van der Waals surface area contributed by atoms with Crippen molar-refractivity contribution < 1.29 is 0 Å². The predicted molar refractivity (Wildman–Crippen MR) is 82.1 cm³/mol. The van der Waals surface area contributed by atoms with Gasteiger partial charge in [0.2, 0.25) is 0 Å². The van der Waals surface area contributed by atoms with Crippen LogP contribution in [0.1, 0.15) is 24.0 Å². The van der Waals surface area contributed by atoms with Gasteiger partial charge in [0.15, 0.2) is 0 Å². The van der Waals surface area contributed by atoms with E-state index in [1.54, 1.807) is 0 Å². The Morgan fingerprint density at radius 1 is 0.900 bits per heavy atom. The van der Waals surface area contributed by atoms with Gasteiger partial charge in [-0.05, 0) is 30.4 Å². The van der Waals surface area contributed by atoms with Crippen LogP contribution in [0.4, 0.5) is 0 Å². The van der Waals surface area contributed by atoms with Crippen molar-refractivity contribution in [2.45, 2.75) is 31.2 Å². The van der Waals surface area contributed by atoms with E-state index in [1.165, 1.54) is 18.4 Å². The molecule has 0 heterocycles. The second-order valence-corrected chi connectivity index (χ2v) is 5.35. The molecule has 0 atom stereocenters. The first-order valence-electron chi connectivity index (χ1n) is 6.95. The van der Waals surface area contributed by atoms with Gasteiger partial charge in [0, 0.05) is 5.54 Å². The Morgan fingerprint density at radius 2 is 1.40 bits per heavy atom. The highest BCUT2D eigenvalue weighted by molar-refractivity contribution is 5.20. The van der Waals surface area contributed by atoms with Crippen LogP contribution in [0.5, 0.6) is 0 Å². The van der Waals surface area contributed by atoms with Crippen molar-refractivity contribution in [1.82, 2.24) is 0 Å². The van der Waals surface area contributed by atoms with Crippen LogP contribution in [0.15, 0.2) is 60.7 Å². The first-order valence-corrected chi connectivity index (χ1v) is 6.95. The van der Waals surface area contributed by atoms with Gasteiger partial charge in [0.1, 0.15) is 0 Å². The van der Waals surface area contributed by atoms with Crippen molar-refractivity contribution in [2.24, 2.45) is 5.73 Å². The van der Waals surface area contributed by atoms with Gasteiger partial charge in [-0.25, -0.2) is 0 Å². The number of nitrogens with zero attached hydrogens (tertiary/aromatic N) is 1. The van der Waals surface area contributed by atoms with Gasteiger partial charge in [0.05, 0.1) is 12.5 Å². The number of hydrogen-bond acceptors (Lipinski definition) is 2. The maximum Gasteiger partial charge on any atom is 0.0669 e. The molecule has 1 aliphatic carbocycles. The van der Waals surface area contributed by atoms with Crippen molar-refractivity contribution in [3.63, 3.8) is 0 Å². The third-order valence-electron chi connectivity index (χ3n) is 3.42. The number of nitrogens with two attached hydrogens (primary N) is 1. The van der Waals surface area contributed by atoms with Gasteiger partial charge in [-0.1, -0.05) is 60.7 Å². The number of nitriles is 1. The molecule has 0 radical (unpaired) electrons. The van der Waals surface area contributed by atoms with Crippen molar-refractivity contribution in [1.29, 1.82) is 5.26 Å². The predicted octanol–water partition coefficient (Wildman–Crippen LogP) is 3.47. The van der Waals surface area contributed by atoms with Crippen LogP contribution < -0.4 is 5.73 Å². The highest BCUT2D eigenvalue weighted by Gasteiger charge is 2.37. The van der Waals surface area contributed by atoms with Crippen LogP contribution in [0.2, 0.25) is 0 Å². The molecule has 0 aromatic heterocycles. The van der Waals surface area contributed by atoms with Crippen molar-refractivity contribution in [2.75, 3.05) is 0 Å². The van der Waals surface area contributed by atoms with E-state index in [0.29, 0.717) is 6.42 Å². The summed E-state index contributed by atoms with van der Waals surface area (Å²) in [5.74, 6) is 0. The summed E-state index contributed by atoms with van der Waals surface area (Å²) in [7, 11) is 0. The molecule has 2 N–H and O–H groups in total. The van der Waals surface area contributed by atoms with E-state index in [-0.39, 0.29) is 5.54 Å². The Balaban J connectivity index is 0.000000151. The van der Waals surface area contributed by atoms with Crippen LogP contribution in [0.3, 0.4) is 0 Å². The number of rotatable bonds is 3. The van der Waals surface area contributed by atoms with Crippen LogP contribution in [-0.2, 0) is 12.8 Å². The summed E-state index contributed by atoms with van der Waals surface area (Å²) in [4.78, 5) is 0. The van der Waals surface area contributed by atoms with Crippen molar-refractivity contribution in [3.05, 3.63) is 71.8 Å². The highest BCUT2D eigenvalue weighted by Crippen LogP contribution is 2.35. The van der Waals surface area contributed by atoms with E-state index in [2.05, 4.69) is 30.3 Å². The first-order chi connectivity index (χ1) is 9.72. The number of benzene rings is 2. The molecule has 0 bridgehead atoms. The summed E-state index contributed by atoms with van der Waals surface area (Å²) < 4.78 is 0. The molecule has 1 saturated carbocycles. The molecule has 2 aromatic carbocycles. The van der Waals surface area contributed by atoms with Crippen LogP contribution in [0.25, 0.3) is 0 Å². The van der Waals surface area contributed by atoms with Gasteiger partial charge in [-0.15, -0.1) is 0 Å². The molecule has 2 nitrogen and oxygen atoms in total. The van der Waals surface area contributed by atoms with Crippen molar-refractivity contribution in [3.8, 4) is 6.07 Å². The summed E-state index contributed by atoms with van der Waals surface area (Å²) in [5.41, 5.74) is 8.58. The summed E-state index contributed by atoms with van der Waals surface area (Å²) in [6.07, 6.45) is 3.96. The minimum Gasteiger partial charge on any atom is -0.325 e. The van der Waals surface area contributed by atoms with Gasteiger partial charge >= 0.3 is 0 Å². The topological polar surface area (TPSA) is 49.8 Å². The minimum atomic E-state index is 0.154. The summed E-state index contributed by atoms with van der Waals surface area (Å²) in [6.45, 7) is 0. The molecule has 2 heteroatoms. The average molecular weight is 264 g/mol. The lowest BCUT2D eigenvalue weighted by atomic mass is 10.1. The lowest BCUT2D eigenvalue weighted by molar-refractivity contribution is 0.672. The zero-order valence-electron chi connectivity index (χ0n) is 11.6. The Kier molecular flexibility index (Phi) is 4.92. The van der Waals surface area contributed by atoms with E-state index >= 15 is 0 Å². The lowest BCUT2D eigenvalue weighted by Gasteiger charge is -2.06. The highest BCUT2D eigenvalue weighted by atomic mass is 14.8. The quantitative estimate of drug-likeness (QED) is 0.922. The molecule has 20 heavy (non-hydrogen) atoms. The zero-order valence-corrected chi connectivity index (χ0v) is 11.6. The third kappa shape index (κ3) is 4.87. The zero-order chi connectivity index (χ0) is 14.3. The fourth-order valence-electron chi connectivity index (χ4n) is 2.03. The van der Waals surface area contributed by atoms with Gasteiger partial charge in [-0.3, -0.25) is 0 Å². The van der Waals surface area contributed by atoms with Gasteiger partial charge < -0.3 is 5.73 Å². The molecule has 2 aromatic rings. The lowest BCUT2D eigenvalue weighted by Crippen LogP contribution is -2.24.